The maximum atomic E-state index is 8.12. The Morgan fingerprint density at radius 3 is 1.64 bits per heavy atom. The first kappa shape index (κ1) is 28.4. The van der Waals surface area contributed by atoms with Gasteiger partial charge in [-0.1, -0.05) is 146 Å². The van der Waals surface area contributed by atoms with Crippen LogP contribution in [0.4, 0.5) is 0 Å². The van der Waals surface area contributed by atoms with Crippen molar-refractivity contribution in [1.29, 1.82) is 1.43 Å². The lowest BCUT2D eigenvalue weighted by atomic mass is 10.0. The number of hydrogen-bond acceptors (Lipinski definition) is 1. The summed E-state index contributed by atoms with van der Waals surface area (Å²) in [5.41, 5.74) is 10.9. The van der Waals surface area contributed by atoms with Crippen molar-refractivity contribution in [3.63, 3.8) is 0 Å². The summed E-state index contributed by atoms with van der Waals surface area (Å²) < 4.78 is 12.7. The van der Waals surface area contributed by atoms with Crippen molar-refractivity contribution in [3.8, 4) is 17.1 Å². The van der Waals surface area contributed by atoms with Gasteiger partial charge in [0.05, 0.1) is 27.8 Å². The van der Waals surface area contributed by atoms with Crippen molar-refractivity contribution >= 4 is 61.8 Å². The highest BCUT2D eigenvalue weighted by atomic mass is 16.3. The molecule has 0 aliphatic heterocycles. The molecule has 0 amide bonds. The molecule has 0 unspecified atom stereocenters. The Morgan fingerprint density at radius 2 is 1.00 bits per heavy atom. The highest BCUT2D eigenvalue weighted by molar-refractivity contribution is 6.10. The average molecular weight is 643 g/mol. The highest BCUT2D eigenvalue weighted by Gasteiger charge is 2.15. The first-order chi connectivity index (χ1) is 25.3. The van der Waals surface area contributed by atoms with E-state index in [1.807, 2.05) is 18.2 Å². The Hall–Kier alpha value is -6.58. The Morgan fingerprint density at radius 1 is 0.480 bits per heavy atom. The zero-order valence-electron chi connectivity index (χ0n) is 28.4. The number of aromatic nitrogens is 2. The zero-order valence-corrected chi connectivity index (χ0v) is 27.4. The Bertz CT molecular complexity index is 2680. The van der Waals surface area contributed by atoms with Crippen LogP contribution < -0.4 is 0 Å². The number of benzene rings is 7. The van der Waals surface area contributed by atoms with Crippen LogP contribution in [-0.2, 0) is 6.42 Å². The van der Waals surface area contributed by atoms with Crippen LogP contribution in [0.2, 0.25) is 0 Å². The topological polar surface area (TPSA) is 30.1 Å². The molecule has 0 aliphatic carbocycles. The molecule has 0 radical (unpaired) electrons. The van der Waals surface area contributed by atoms with Crippen molar-refractivity contribution < 1.29 is 5.11 Å². The summed E-state index contributed by atoms with van der Waals surface area (Å²) in [6.07, 6.45) is 9.40. The van der Waals surface area contributed by atoms with E-state index in [1.54, 1.807) is 0 Å². The minimum atomic E-state index is 0.515. The summed E-state index contributed by atoms with van der Waals surface area (Å²) in [4.78, 5) is 0. The third-order valence-corrected chi connectivity index (χ3v) is 9.70. The van der Waals surface area contributed by atoms with Crippen LogP contribution in [0.1, 0.15) is 22.3 Å². The largest absolute Gasteiger partial charge is 0.505 e. The van der Waals surface area contributed by atoms with E-state index in [4.69, 9.17) is 6.54 Å². The summed E-state index contributed by atoms with van der Waals surface area (Å²) in [5, 5.41) is 10.2. The summed E-state index contributed by atoms with van der Waals surface area (Å²) in [7, 11) is 0. The smallest absolute Gasteiger partial charge is 0.293 e. The summed E-state index contributed by atoms with van der Waals surface area (Å²) >= 11 is 0. The number of fused-ring (bicyclic) bond motifs is 6. The number of rotatable bonds is 8. The lowest BCUT2D eigenvalue weighted by Crippen LogP contribution is -1.95. The molecule has 1 N–H and O–H groups in total. The van der Waals surface area contributed by atoms with Crippen LogP contribution in [0.15, 0.2) is 170 Å². The lowest BCUT2D eigenvalue weighted by Gasteiger charge is -2.12. The molecule has 7 aromatic carbocycles. The molecule has 0 fully saturated rings. The predicted octanol–water partition coefficient (Wildman–Crippen LogP) is 12.0. The van der Waals surface area contributed by atoms with Gasteiger partial charge >= 0.3 is 0 Å². The summed E-state index contributed by atoms with van der Waals surface area (Å²) in [6.45, 7) is 0. The molecule has 9 aromatic rings. The van der Waals surface area contributed by atoms with E-state index in [0.717, 1.165) is 45.5 Å². The van der Waals surface area contributed by atoms with Crippen LogP contribution >= 0.6 is 0 Å². The van der Waals surface area contributed by atoms with E-state index in [1.165, 1.54) is 38.1 Å². The van der Waals surface area contributed by atoms with Crippen molar-refractivity contribution in [3.05, 3.63) is 192 Å². The molecule has 0 saturated heterocycles. The van der Waals surface area contributed by atoms with E-state index in [0.29, 0.717) is 5.75 Å². The molecule has 0 saturated carbocycles. The second-order valence-corrected chi connectivity index (χ2v) is 12.7. The van der Waals surface area contributed by atoms with Gasteiger partial charge in [0.15, 0.2) is 0 Å². The minimum Gasteiger partial charge on any atom is -0.505 e. The van der Waals surface area contributed by atoms with Crippen LogP contribution in [0.25, 0.3) is 73.2 Å². The molecule has 9 rings (SSSR count). The second kappa shape index (κ2) is 12.5. The van der Waals surface area contributed by atoms with Gasteiger partial charge in [0.1, 0.15) is 5.75 Å². The predicted molar refractivity (Wildman–Crippen MR) is 211 cm³/mol. The Labute approximate surface area is 292 Å². The van der Waals surface area contributed by atoms with E-state index in [9.17, 15) is 0 Å². The van der Waals surface area contributed by atoms with E-state index < -0.39 is 0 Å². The van der Waals surface area contributed by atoms with Crippen molar-refractivity contribution in [2.45, 2.75) is 6.42 Å². The van der Waals surface area contributed by atoms with Gasteiger partial charge in [0.25, 0.3) is 1.43 Å². The number of aromatic hydroxyl groups is 1. The molecule has 50 heavy (non-hydrogen) atoms. The molecule has 0 atom stereocenters. The van der Waals surface area contributed by atoms with Gasteiger partial charge in [0, 0.05) is 32.8 Å². The highest BCUT2D eigenvalue weighted by Crippen LogP contribution is 2.37. The monoisotopic (exact) mass is 642 g/mol. The molecule has 0 aliphatic rings. The van der Waals surface area contributed by atoms with Gasteiger partial charge in [-0.3, -0.25) is 0 Å². The quantitative estimate of drug-likeness (QED) is 0.164. The van der Waals surface area contributed by atoms with Crippen LogP contribution in [-0.4, -0.2) is 15.7 Å². The summed E-state index contributed by atoms with van der Waals surface area (Å²) in [5.74, 6) is 0.515. The maximum Gasteiger partial charge on any atom is 0.293 e. The number of para-hydroxylation sites is 5. The zero-order chi connectivity index (χ0) is 34.1. The van der Waals surface area contributed by atoms with Gasteiger partial charge in [0.2, 0.25) is 0 Å². The first-order valence-electron chi connectivity index (χ1n) is 17.5. The molecule has 0 spiro atoms. The third kappa shape index (κ3) is 5.08. The van der Waals surface area contributed by atoms with Gasteiger partial charge in [-0.2, -0.15) is 0 Å². The molecule has 3 heteroatoms. The van der Waals surface area contributed by atoms with E-state index in [-0.39, 0.29) is 0 Å². The molecule has 2 heterocycles. The minimum absolute atomic E-state index is 0.515. The molecule has 2 aromatic heterocycles. The average Bonchev–Trinajstić information content (AvgIpc) is 3.70. The molecular formula is C47H34N2O. The van der Waals surface area contributed by atoms with E-state index >= 15 is 0 Å². The molecule has 0 bridgehead atoms. The van der Waals surface area contributed by atoms with Gasteiger partial charge in [-0.05, 0) is 65.6 Å². The number of allylic oxidation sites excluding steroid dienone is 1. The molecule has 3 nitrogen and oxygen atoms in total. The fourth-order valence-electron chi connectivity index (χ4n) is 7.38. The van der Waals surface area contributed by atoms with Gasteiger partial charge in [-0.25, -0.2) is 0 Å². The number of nitrogens with zero attached hydrogens (tertiary/aromatic N) is 2. The lowest BCUT2D eigenvalue weighted by molar-refractivity contribution is 0.472. The van der Waals surface area contributed by atoms with Crippen LogP contribution in [0.5, 0.6) is 5.75 Å². The van der Waals surface area contributed by atoms with Crippen molar-refractivity contribution in [2.75, 3.05) is 0 Å². The number of phenols is 1. The third-order valence-electron chi connectivity index (χ3n) is 9.70. The Kier molecular flexibility index (Phi) is 7.09. The van der Waals surface area contributed by atoms with Gasteiger partial charge < -0.3 is 14.2 Å². The SMILES string of the molecule is [1H]Oc1c(/C=C/c2ccccc2C/C=C/c2cccc(-n3c4ccccc4c4ccccc43)c2)cccc1-n1c2ccccc2c2ccccc21. The van der Waals surface area contributed by atoms with E-state index in [2.05, 4.69) is 179 Å². The standard InChI is InChI=1S/C47H34N2O/c50-47-36(19-13-29-46(47)49-44-27-9-5-23-40(44)41-24-6-10-28-45(41)49)31-30-35-17-2-1-16-34(35)18-11-14-33-15-12-20-37(32-33)48-42-25-7-3-21-38(42)39-22-4-8-26-43(39)48/h1-17,19-32,50H,18H2/b14-11+,31-30+/i/hH. The van der Waals surface area contributed by atoms with Crippen LogP contribution in [0.3, 0.4) is 0 Å². The molecule has 238 valence electrons. The second-order valence-electron chi connectivity index (χ2n) is 12.7. The fraction of sp³-hybridized carbons (Fsp3) is 0.0213. The fourth-order valence-corrected chi connectivity index (χ4v) is 7.38. The first-order valence-corrected chi connectivity index (χ1v) is 17.0. The summed E-state index contributed by atoms with van der Waals surface area (Å²) in [6, 6.07) is 57.3. The number of hydrogen-bond donors (Lipinski definition) is 1. The molecular weight excluding hydrogens is 609 g/mol. The Balaban J connectivity index is 1.01. The van der Waals surface area contributed by atoms with Gasteiger partial charge in [-0.15, -0.1) is 0 Å². The van der Waals surface area contributed by atoms with Crippen molar-refractivity contribution in [1.82, 2.24) is 9.13 Å². The van der Waals surface area contributed by atoms with Crippen LogP contribution in [0, 0.1) is 0 Å². The van der Waals surface area contributed by atoms with Crippen molar-refractivity contribution in [2.24, 2.45) is 0 Å². The normalized spacial score (nSPS) is 12.2. The maximum absolute atomic E-state index is 8.12. The number of phenolic OH excluding ortho intramolecular Hbond substituents is 1.